The van der Waals surface area contributed by atoms with Gasteiger partial charge in [-0.1, -0.05) is 36.1 Å². The van der Waals surface area contributed by atoms with Gasteiger partial charge in [0, 0.05) is 13.0 Å². The zero-order chi connectivity index (χ0) is 15.5. The van der Waals surface area contributed by atoms with Crippen molar-refractivity contribution < 1.29 is 4.39 Å². The predicted octanol–water partition coefficient (Wildman–Crippen LogP) is 2.12. The van der Waals surface area contributed by atoms with Crippen molar-refractivity contribution in [2.75, 3.05) is 26.7 Å². The van der Waals surface area contributed by atoms with Crippen LogP contribution in [-0.4, -0.2) is 32.9 Å². The minimum atomic E-state index is -0.715. The molecular formula is C18H23FN2. The van der Waals surface area contributed by atoms with Crippen LogP contribution in [0.5, 0.6) is 0 Å². The van der Waals surface area contributed by atoms with Crippen molar-refractivity contribution >= 4 is 0 Å². The molecule has 1 aliphatic rings. The second-order valence-electron chi connectivity index (χ2n) is 5.00. The van der Waals surface area contributed by atoms with Crippen molar-refractivity contribution in [2.45, 2.75) is 24.9 Å². The number of nitrogens with one attached hydrogen (secondary N) is 2. The molecule has 3 heteroatoms. The molecule has 0 aromatic heterocycles. The number of halogens is 1. The summed E-state index contributed by atoms with van der Waals surface area (Å²) in [7, 11) is 1.82. The molecule has 0 heterocycles. The van der Waals surface area contributed by atoms with Crippen LogP contribution in [-0.2, 0) is 6.42 Å². The zero-order valence-corrected chi connectivity index (χ0v) is 12.5. The van der Waals surface area contributed by atoms with Crippen molar-refractivity contribution in [1.82, 2.24) is 10.6 Å². The minimum absolute atomic E-state index is 0.258. The van der Waals surface area contributed by atoms with E-state index in [-0.39, 0.29) is 5.92 Å². The van der Waals surface area contributed by atoms with E-state index in [4.69, 9.17) is 12.8 Å². The zero-order valence-electron chi connectivity index (χ0n) is 12.5. The van der Waals surface area contributed by atoms with Crippen LogP contribution >= 0.6 is 0 Å². The van der Waals surface area contributed by atoms with Gasteiger partial charge in [0.2, 0.25) is 0 Å². The number of alkyl halides is 1. The van der Waals surface area contributed by atoms with Gasteiger partial charge in [0.15, 0.2) is 0 Å². The highest BCUT2D eigenvalue weighted by Crippen LogP contribution is 2.32. The highest BCUT2D eigenvalue weighted by atomic mass is 19.1. The fourth-order valence-corrected chi connectivity index (χ4v) is 2.49. The molecule has 21 heavy (non-hydrogen) atoms. The first-order chi connectivity index (χ1) is 10.2. The maximum Gasteiger partial charge on any atom is 0.105 e. The first kappa shape index (κ1) is 17.2. The quantitative estimate of drug-likeness (QED) is 0.654. The third-order valence-electron chi connectivity index (χ3n) is 3.37. The average Bonchev–Trinajstić information content (AvgIpc) is 2.49. The summed E-state index contributed by atoms with van der Waals surface area (Å²) in [6, 6.07) is 8.12. The van der Waals surface area contributed by atoms with Gasteiger partial charge in [-0.2, -0.15) is 0 Å². The van der Waals surface area contributed by atoms with Gasteiger partial charge >= 0.3 is 0 Å². The molecule has 0 bridgehead atoms. The molecule has 0 saturated heterocycles. The summed E-state index contributed by atoms with van der Waals surface area (Å²) in [6.45, 7) is 1.98. The van der Waals surface area contributed by atoms with E-state index in [0.717, 1.165) is 12.1 Å². The van der Waals surface area contributed by atoms with Crippen molar-refractivity contribution in [2.24, 2.45) is 0 Å². The van der Waals surface area contributed by atoms with Gasteiger partial charge in [-0.25, -0.2) is 4.39 Å². The molecule has 2 unspecified atom stereocenters. The lowest BCUT2D eigenvalue weighted by molar-refractivity contribution is 0.275. The summed E-state index contributed by atoms with van der Waals surface area (Å²) in [4.78, 5) is 0. The van der Waals surface area contributed by atoms with E-state index >= 15 is 0 Å². The molecule has 2 rings (SSSR count). The largest absolute Gasteiger partial charge is 0.309 e. The predicted molar refractivity (Wildman–Crippen MR) is 86.9 cm³/mol. The van der Waals surface area contributed by atoms with Crippen LogP contribution in [0.15, 0.2) is 24.3 Å². The smallest absolute Gasteiger partial charge is 0.105 e. The maximum atomic E-state index is 13.6. The highest BCUT2D eigenvalue weighted by molar-refractivity contribution is 5.33. The number of terminal acetylenes is 2. The summed E-state index contributed by atoms with van der Waals surface area (Å²) in [5, 5.41) is 5.94. The number of hydrogen-bond donors (Lipinski definition) is 2. The van der Waals surface area contributed by atoms with Crippen molar-refractivity contribution in [3.05, 3.63) is 35.4 Å². The van der Waals surface area contributed by atoms with Gasteiger partial charge in [0.05, 0.1) is 13.1 Å². The lowest BCUT2D eigenvalue weighted by Gasteiger charge is -2.27. The molecule has 0 spiro atoms. The molecule has 1 aromatic rings. The molecule has 0 radical (unpaired) electrons. The van der Waals surface area contributed by atoms with Crippen molar-refractivity contribution in [1.29, 1.82) is 0 Å². The molecule has 0 aliphatic heterocycles. The molecule has 112 valence electrons. The van der Waals surface area contributed by atoms with Gasteiger partial charge in [-0.05, 0) is 30.5 Å². The van der Waals surface area contributed by atoms with E-state index < -0.39 is 6.17 Å². The van der Waals surface area contributed by atoms with Crippen LogP contribution in [0.1, 0.15) is 23.5 Å². The Morgan fingerprint density at radius 1 is 1.24 bits per heavy atom. The summed E-state index contributed by atoms with van der Waals surface area (Å²) < 4.78 is 13.6. The first-order valence-corrected chi connectivity index (χ1v) is 7.17. The van der Waals surface area contributed by atoms with E-state index in [1.165, 1.54) is 5.56 Å². The molecular weight excluding hydrogens is 263 g/mol. The Kier molecular flexibility index (Phi) is 8.21. The molecule has 0 saturated carbocycles. The fraction of sp³-hybridized carbons (Fsp3) is 0.444. The Labute approximate surface area is 127 Å². The monoisotopic (exact) mass is 286 g/mol. The lowest BCUT2D eigenvalue weighted by atomic mass is 9.82. The van der Waals surface area contributed by atoms with Gasteiger partial charge in [0.25, 0.3) is 0 Å². The summed E-state index contributed by atoms with van der Waals surface area (Å²) in [5.41, 5.74) is 2.43. The molecule has 2 nitrogen and oxygen atoms in total. The Balaban J connectivity index is 0.000000383. The second-order valence-corrected chi connectivity index (χ2v) is 5.00. The van der Waals surface area contributed by atoms with Crippen molar-refractivity contribution in [3.63, 3.8) is 0 Å². The van der Waals surface area contributed by atoms with E-state index in [1.807, 2.05) is 25.2 Å². The van der Waals surface area contributed by atoms with Crippen molar-refractivity contribution in [3.8, 4) is 24.7 Å². The number of benzene rings is 1. The Bertz CT molecular complexity index is 499. The van der Waals surface area contributed by atoms with Gasteiger partial charge < -0.3 is 10.6 Å². The van der Waals surface area contributed by atoms with Crippen LogP contribution in [0.3, 0.4) is 0 Å². The molecule has 2 N–H and O–H groups in total. The lowest BCUT2D eigenvalue weighted by Crippen LogP contribution is -2.28. The number of fused-ring (bicyclic) bond motifs is 1. The fourth-order valence-electron chi connectivity index (χ4n) is 2.49. The summed E-state index contributed by atoms with van der Waals surface area (Å²) >= 11 is 0. The maximum absolute atomic E-state index is 13.6. The summed E-state index contributed by atoms with van der Waals surface area (Å²) in [5.74, 6) is 5.20. The number of rotatable bonds is 4. The SMILES string of the molecule is C#CCNC.C#CCNCC1CC(F)Cc2ccccc21. The molecule has 0 fully saturated rings. The highest BCUT2D eigenvalue weighted by Gasteiger charge is 2.25. The third kappa shape index (κ3) is 6.00. The number of hydrogen-bond acceptors (Lipinski definition) is 2. The van der Waals surface area contributed by atoms with Gasteiger partial charge in [0.1, 0.15) is 6.17 Å². The Morgan fingerprint density at radius 3 is 2.57 bits per heavy atom. The van der Waals surface area contributed by atoms with Crippen LogP contribution in [0.2, 0.25) is 0 Å². The Morgan fingerprint density at radius 2 is 1.95 bits per heavy atom. The van der Waals surface area contributed by atoms with E-state index in [2.05, 4.69) is 28.5 Å². The Hall–Kier alpha value is -1.81. The van der Waals surface area contributed by atoms with Gasteiger partial charge in [-0.15, -0.1) is 12.8 Å². The van der Waals surface area contributed by atoms with E-state index in [9.17, 15) is 4.39 Å². The van der Waals surface area contributed by atoms with E-state index in [1.54, 1.807) is 0 Å². The third-order valence-corrected chi connectivity index (χ3v) is 3.37. The topological polar surface area (TPSA) is 24.1 Å². The van der Waals surface area contributed by atoms with Crippen LogP contribution < -0.4 is 10.6 Å². The molecule has 1 aliphatic carbocycles. The minimum Gasteiger partial charge on any atom is -0.309 e. The molecule has 0 amide bonds. The summed E-state index contributed by atoms with van der Waals surface area (Å²) in [6.07, 6.45) is 10.5. The van der Waals surface area contributed by atoms with Crippen LogP contribution in [0, 0.1) is 24.7 Å². The normalized spacial score (nSPS) is 19.4. The van der Waals surface area contributed by atoms with Gasteiger partial charge in [-0.3, -0.25) is 0 Å². The standard InChI is InChI=1S/C14H16FN.C4H7N/c1-2-7-16-10-12-9-13(15)8-11-5-3-4-6-14(11)12;1-3-4-5-2/h1,3-6,12-13,16H,7-10H2;1,5H,4H2,2H3. The molecule has 2 atom stereocenters. The molecule has 1 aromatic carbocycles. The van der Waals surface area contributed by atoms with Crippen LogP contribution in [0.4, 0.5) is 4.39 Å². The average molecular weight is 286 g/mol. The second kappa shape index (κ2) is 10.00. The first-order valence-electron chi connectivity index (χ1n) is 7.17. The van der Waals surface area contributed by atoms with Crippen LogP contribution in [0.25, 0.3) is 0 Å². The van der Waals surface area contributed by atoms with E-state index in [0.29, 0.717) is 25.9 Å².